The second-order valence-electron chi connectivity index (χ2n) is 3.13. The average Bonchev–Trinajstić information content (AvgIpc) is 2.15. The van der Waals surface area contributed by atoms with Gasteiger partial charge in [0.25, 0.3) is 0 Å². The van der Waals surface area contributed by atoms with Crippen LogP contribution in [0.2, 0.25) is 0 Å². The van der Waals surface area contributed by atoms with Crippen LogP contribution in [0.1, 0.15) is 24.2 Å². The van der Waals surface area contributed by atoms with Gasteiger partial charge >= 0.3 is 6.18 Å². The molecule has 0 bridgehead atoms. The number of aliphatic hydroxyl groups is 1. The zero-order valence-electron chi connectivity index (χ0n) is 8.30. The van der Waals surface area contributed by atoms with Crippen LogP contribution in [0, 0.1) is 0 Å². The van der Waals surface area contributed by atoms with Gasteiger partial charge in [-0.15, -0.1) is 11.8 Å². The van der Waals surface area contributed by atoms with Gasteiger partial charge in [-0.1, -0.05) is 6.07 Å². The molecule has 1 atom stereocenters. The molecule has 1 rings (SSSR count). The molecular formula is C10H11F3OS. The lowest BCUT2D eigenvalue weighted by Gasteiger charge is -2.13. The van der Waals surface area contributed by atoms with Crippen molar-refractivity contribution in [2.24, 2.45) is 0 Å². The smallest absolute Gasteiger partial charge is 0.389 e. The van der Waals surface area contributed by atoms with Crippen molar-refractivity contribution in [1.29, 1.82) is 0 Å². The van der Waals surface area contributed by atoms with Crippen LogP contribution < -0.4 is 0 Å². The van der Waals surface area contributed by atoms with E-state index in [1.807, 2.05) is 0 Å². The van der Waals surface area contributed by atoms with E-state index < -0.39 is 17.8 Å². The fourth-order valence-corrected chi connectivity index (χ4v) is 1.95. The molecule has 5 heteroatoms. The summed E-state index contributed by atoms with van der Waals surface area (Å²) in [6, 6.07) is 3.37. The lowest BCUT2D eigenvalue weighted by Crippen LogP contribution is -2.06. The van der Waals surface area contributed by atoms with Crippen molar-refractivity contribution in [2.75, 3.05) is 6.26 Å². The number of hydrogen-bond donors (Lipinski definition) is 1. The van der Waals surface area contributed by atoms with Crippen LogP contribution in [0.3, 0.4) is 0 Å². The van der Waals surface area contributed by atoms with E-state index in [1.54, 1.807) is 6.26 Å². The summed E-state index contributed by atoms with van der Waals surface area (Å²) in [6.07, 6.45) is -3.40. The third kappa shape index (κ3) is 2.89. The molecule has 1 N–H and O–H groups in total. The summed E-state index contributed by atoms with van der Waals surface area (Å²) in [4.78, 5) is 0.458. The van der Waals surface area contributed by atoms with E-state index in [1.165, 1.54) is 24.8 Å². The maximum absolute atomic E-state index is 12.4. The van der Waals surface area contributed by atoms with E-state index in [2.05, 4.69) is 0 Å². The van der Waals surface area contributed by atoms with Crippen LogP contribution in [0.15, 0.2) is 23.1 Å². The van der Waals surface area contributed by atoms with Crippen molar-refractivity contribution in [3.63, 3.8) is 0 Å². The second kappa shape index (κ2) is 4.45. The first kappa shape index (κ1) is 12.4. The van der Waals surface area contributed by atoms with Gasteiger partial charge in [0.2, 0.25) is 0 Å². The highest BCUT2D eigenvalue weighted by atomic mass is 32.2. The molecule has 0 radical (unpaired) electrons. The summed E-state index contributed by atoms with van der Waals surface area (Å²) in [5.41, 5.74) is -0.160. The number of hydrogen-bond acceptors (Lipinski definition) is 2. The molecule has 1 aromatic carbocycles. The van der Waals surface area contributed by atoms with Crippen molar-refractivity contribution < 1.29 is 18.3 Å². The predicted octanol–water partition coefficient (Wildman–Crippen LogP) is 3.48. The Hall–Kier alpha value is -0.680. The topological polar surface area (TPSA) is 20.2 Å². The van der Waals surface area contributed by atoms with Gasteiger partial charge in [-0.05, 0) is 30.9 Å². The first-order valence-electron chi connectivity index (χ1n) is 4.29. The Labute approximate surface area is 90.3 Å². The summed E-state index contributed by atoms with van der Waals surface area (Å²) in [6.45, 7) is 1.53. The Balaban J connectivity index is 3.19. The minimum absolute atomic E-state index is 0.458. The second-order valence-corrected chi connectivity index (χ2v) is 3.98. The highest BCUT2D eigenvalue weighted by Gasteiger charge is 2.31. The third-order valence-corrected chi connectivity index (χ3v) is 2.80. The van der Waals surface area contributed by atoms with E-state index in [9.17, 15) is 18.3 Å². The van der Waals surface area contributed by atoms with Gasteiger partial charge in [0, 0.05) is 4.90 Å². The van der Waals surface area contributed by atoms with Gasteiger partial charge in [-0.25, -0.2) is 0 Å². The molecule has 0 saturated heterocycles. The Morgan fingerprint density at radius 2 is 1.93 bits per heavy atom. The molecule has 0 amide bonds. The van der Waals surface area contributed by atoms with E-state index in [0.29, 0.717) is 10.5 Å². The largest absolute Gasteiger partial charge is 0.416 e. The van der Waals surface area contributed by atoms with Gasteiger partial charge < -0.3 is 5.11 Å². The van der Waals surface area contributed by atoms with Crippen molar-refractivity contribution in [1.82, 2.24) is 0 Å². The molecule has 84 valence electrons. The van der Waals surface area contributed by atoms with Gasteiger partial charge in [0.05, 0.1) is 11.7 Å². The van der Waals surface area contributed by atoms with Gasteiger partial charge in [0.15, 0.2) is 0 Å². The summed E-state index contributed by atoms with van der Waals surface area (Å²) in [5.74, 6) is 0. The van der Waals surface area contributed by atoms with Crippen molar-refractivity contribution >= 4 is 11.8 Å². The van der Waals surface area contributed by atoms with Gasteiger partial charge in [-0.3, -0.25) is 0 Å². The normalized spacial score (nSPS) is 14.0. The molecule has 0 saturated carbocycles. The summed E-state index contributed by atoms with van der Waals surface area (Å²) < 4.78 is 37.1. The SMILES string of the molecule is CSc1cc(C(F)(F)F)ccc1C(C)O. The van der Waals surface area contributed by atoms with E-state index >= 15 is 0 Å². The molecule has 1 unspecified atom stereocenters. The monoisotopic (exact) mass is 236 g/mol. The molecule has 15 heavy (non-hydrogen) atoms. The third-order valence-electron chi connectivity index (χ3n) is 2.01. The number of halogens is 3. The highest BCUT2D eigenvalue weighted by molar-refractivity contribution is 7.98. The van der Waals surface area contributed by atoms with Crippen LogP contribution in [0.5, 0.6) is 0 Å². The summed E-state index contributed by atoms with van der Waals surface area (Å²) in [5, 5.41) is 9.33. The summed E-state index contributed by atoms with van der Waals surface area (Å²) in [7, 11) is 0. The molecule has 0 heterocycles. The minimum Gasteiger partial charge on any atom is -0.389 e. The lowest BCUT2D eigenvalue weighted by atomic mass is 10.1. The maximum atomic E-state index is 12.4. The number of alkyl halides is 3. The van der Waals surface area contributed by atoms with Crippen LogP contribution in [-0.2, 0) is 6.18 Å². The maximum Gasteiger partial charge on any atom is 0.416 e. The first-order valence-corrected chi connectivity index (χ1v) is 5.52. The van der Waals surface area contributed by atoms with Crippen LogP contribution in [-0.4, -0.2) is 11.4 Å². The molecule has 1 nitrogen and oxygen atoms in total. The van der Waals surface area contributed by atoms with E-state index in [0.717, 1.165) is 12.1 Å². The molecule has 0 spiro atoms. The van der Waals surface area contributed by atoms with Crippen LogP contribution in [0.4, 0.5) is 13.2 Å². The molecule has 0 aromatic heterocycles. The molecule has 1 aromatic rings. The number of thioether (sulfide) groups is 1. The number of benzene rings is 1. The summed E-state index contributed by atoms with van der Waals surface area (Å²) >= 11 is 1.19. The van der Waals surface area contributed by atoms with Gasteiger partial charge in [0.1, 0.15) is 0 Å². The Kier molecular flexibility index (Phi) is 3.67. The number of rotatable bonds is 2. The molecular weight excluding hydrogens is 225 g/mol. The average molecular weight is 236 g/mol. The predicted molar refractivity (Wildman–Crippen MR) is 53.9 cm³/mol. The zero-order valence-corrected chi connectivity index (χ0v) is 9.12. The first-order chi connectivity index (χ1) is 6.86. The van der Waals surface area contributed by atoms with Crippen molar-refractivity contribution in [3.05, 3.63) is 29.3 Å². The molecule has 0 aliphatic carbocycles. The zero-order chi connectivity index (χ0) is 11.6. The Morgan fingerprint density at radius 1 is 1.33 bits per heavy atom. The molecule has 0 aliphatic rings. The van der Waals surface area contributed by atoms with Crippen LogP contribution in [0.25, 0.3) is 0 Å². The fraction of sp³-hybridized carbons (Fsp3) is 0.400. The van der Waals surface area contributed by atoms with Crippen molar-refractivity contribution in [3.8, 4) is 0 Å². The van der Waals surface area contributed by atoms with E-state index in [-0.39, 0.29) is 0 Å². The minimum atomic E-state index is -4.33. The Morgan fingerprint density at radius 3 is 2.33 bits per heavy atom. The Bertz CT molecular complexity index is 347. The number of aliphatic hydroxyl groups excluding tert-OH is 1. The molecule has 0 aliphatic heterocycles. The van der Waals surface area contributed by atoms with Crippen LogP contribution >= 0.6 is 11.8 Å². The molecule has 0 fully saturated rings. The standard InChI is InChI=1S/C10H11F3OS/c1-6(14)8-4-3-7(10(11,12)13)5-9(8)15-2/h3-6,14H,1-2H3. The highest BCUT2D eigenvalue weighted by Crippen LogP contribution is 2.34. The van der Waals surface area contributed by atoms with E-state index in [4.69, 9.17) is 0 Å². The van der Waals surface area contributed by atoms with Crippen molar-refractivity contribution in [2.45, 2.75) is 24.1 Å². The quantitative estimate of drug-likeness (QED) is 0.793. The lowest BCUT2D eigenvalue weighted by molar-refractivity contribution is -0.137. The fourth-order valence-electron chi connectivity index (χ4n) is 1.23. The van der Waals surface area contributed by atoms with Gasteiger partial charge in [-0.2, -0.15) is 13.2 Å².